The highest BCUT2D eigenvalue weighted by Crippen LogP contribution is 2.31. The van der Waals surface area contributed by atoms with Crippen LogP contribution in [0.5, 0.6) is 0 Å². The highest BCUT2D eigenvalue weighted by atomic mass is 32.1. The highest BCUT2D eigenvalue weighted by Gasteiger charge is 2.05. The van der Waals surface area contributed by atoms with E-state index in [9.17, 15) is 0 Å². The Morgan fingerprint density at radius 2 is 1.09 bits per heavy atom. The van der Waals surface area contributed by atoms with Crippen LogP contribution in [0.3, 0.4) is 0 Å². The molecule has 0 radical (unpaired) electrons. The fourth-order valence-electron chi connectivity index (χ4n) is 2.94. The van der Waals surface area contributed by atoms with Gasteiger partial charge >= 0.3 is 0 Å². The van der Waals surface area contributed by atoms with Crippen LogP contribution in [0.4, 0.5) is 0 Å². The Kier molecular flexibility index (Phi) is 3.64. The van der Waals surface area contributed by atoms with Crippen molar-refractivity contribution in [1.82, 2.24) is 0 Å². The Labute approximate surface area is 141 Å². The zero-order valence-electron chi connectivity index (χ0n) is 12.6. The standard InChI is InChI=1S/C22H16S/c23-22-14-20(16-6-2-1-3-7-16)13-21(15-22)19-11-10-17-8-4-5-9-18(17)12-19/h1-15,23H. The lowest BCUT2D eigenvalue weighted by molar-refractivity contribution is 1.46. The molecular formula is C22H16S. The van der Waals surface area contributed by atoms with Gasteiger partial charge in [0.05, 0.1) is 0 Å². The first-order valence-corrected chi connectivity index (χ1v) is 8.13. The summed E-state index contributed by atoms with van der Waals surface area (Å²) in [6, 6.07) is 32.0. The van der Waals surface area contributed by atoms with Gasteiger partial charge in [0.15, 0.2) is 0 Å². The smallest absolute Gasteiger partial charge is 0.00523 e. The lowest BCUT2D eigenvalue weighted by atomic mass is 9.97. The average Bonchev–Trinajstić information content (AvgIpc) is 2.61. The van der Waals surface area contributed by atoms with Crippen LogP contribution in [-0.2, 0) is 0 Å². The molecule has 4 aromatic carbocycles. The lowest BCUT2D eigenvalue weighted by Crippen LogP contribution is -1.83. The van der Waals surface area contributed by atoms with Gasteiger partial charge in [0.1, 0.15) is 0 Å². The van der Waals surface area contributed by atoms with Crippen LogP contribution in [0.25, 0.3) is 33.0 Å². The van der Waals surface area contributed by atoms with Crippen molar-refractivity contribution in [2.75, 3.05) is 0 Å². The maximum Gasteiger partial charge on any atom is 0.00523 e. The molecule has 0 bridgehead atoms. The van der Waals surface area contributed by atoms with E-state index >= 15 is 0 Å². The molecule has 1 heteroatoms. The summed E-state index contributed by atoms with van der Waals surface area (Å²) in [6.45, 7) is 0. The molecule has 23 heavy (non-hydrogen) atoms. The number of fused-ring (bicyclic) bond motifs is 1. The Bertz CT molecular complexity index is 971. The van der Waals surface area contributed by atoms with Crippen molar-refractivity contribution in [3.05, 3.63) is 91.0 Å². The second-order valence-corrected chi connectivity index (χ2v) is 6.21. The van der Waals surface area contributed by atoms with Gasteiger partial charge in [0, 0.05) is 4.90 Å². The molecular weight excluding hydrogens is 296 g/mol. The van der Waals surface area contributed by atoms with E-state index < -0.39 is 0 Å². The third-order valence-corrected chi connectivity index (χ3v) is 4.37. The second kappa shape index (κ2) is 5.94. The SMILES string of the molecule is Sc1cc(-c2ccccc2)cc(-c2ccc3ccccc3c2)c1. The zero-order valence-corrected chi connectivity index (χ0v) is 13.5. The number of hydrogen-bond acceptors (Lipinski definition) is 1. The highest BCUT2D eigenvalue weighted by molar-refractivity contribution is 7.80. The molecule has 4 aromatic rings. The summed E-state index contributed by atoms with van der Waals surface area (Å²) < 4.78 is 0. The van der Waals surface area contributed by atoms with Crippen LogP contribution in [0, 0.1) is 0 Å². The minimum absolute atomic E-state index is 0.981. The Hall–Kier alpha value is -2.51. The van der Waals surface area contributed by atoms with Gasteiger partial charge < -0.3 is 0 Å². The summed E-state index contributed by atoms with van der Waals surface area (Å²) in [5.74, 6) is 0. The molecule has 0 spiro atoms. The van der Waals surface area contributed by atoms with Gasteiger partial charge in [-0.25, -0.2) is 0 Å². The van der Waals surface area contributed by atoms with E-state index in [1.165, 1.54) is 33.0 Å². The van der Waals surface area contributed by atoms with Crippen molar-refractivity contribution in [2.45, 2.75) is 4.90 Å². The first-order chi connectivity index (χ1) is 11.3. The number of rotatable bonds is 2. The molecule has 0 heterocycles. The van der Waals surface area contributed by atoms with Crippen molar-refractivity contribution in [2.24, 2.45) is 0 Å². The van der Waals surface area contributed by atoms with Crippen molar-refractivity contribution < 1.29 is 0 Å². The molecule has 0 aromatic heterocycles. The molecule has 4 rings (SSSR count). The first-order valence-electron chi connectivity index (χ1n) is 7.68. The summed E-state index contributed by atoms with van der Waals surface area (Å²) >= 11 is 4.60. The summed E-state index contributed by atoms with van der Waals surface area (Å²) in [4.78, 5) is 0.981. The van der Waals surface area contributed by atoms with Crippen molar-refractivity contribution in [3.63, 3.8) is 0 Å². The van der Waals surface area contributed by atoms with E-state index in [4.69, 9.17) is 0 Å². The van der Waals surface area contributed by atoms with Crippen LogP contribution in [0.1, 0.15) is 0 Å². The molecule has 0 N–H and O–H groups in total. The molecule has 0 fully saturated rings. The molecule has 110 valence electrons. The van der Waals surface area contributed by atoms with E-state index in [0.717, 1.165) is 4.90 Å². The lowest BCUT2D eigenvalue weighted by Gasteiger charge is -2.09. The molecule has 0 unspecified atom stereocenters. The van der Waals surface area contributed by atoms with Crippen LogP contribution in [-0.4, -0.2) is 0 Å². The van der Waals surface area contributed by atoms with Gasteiger partial charge in [-0.3, -0.25) is 0 Å². The van der Waals surface area contributed by atoms with Crippen molar-refractivity contribution in [3.8, 4) is 22.3 Å². The topological polar surface area (TPSA) is 0 Å². The van der Waals surface area contributed by atoms with Gasteiger partial charge in [0.2, 0.25) is 0 Å². The molecule has 0 saturated heterocycles. The summed E-state index contributed by atoms with van der Waals surface area (Å²) in [6.07, 6.45) is 0. The van der Waals surface area contributed by atoms with E-state index in [2.05, 4.69) is 97.6 Å². The Balaban J connectivity index is 1.86. The molecule has 0 nitrogen and oxygen atoms in total. The first kappa shape index (κ1) is 14.1. The van der Waals surface area contributed by atoms with E-state index in [0.29, 0.717) is 0 Å². The fourth-order valence-corrected chi connectivity index (χ4v) is 3.22. The zero-order chi connectivity index (χ0) is 15.6. The van der Waals surface area contributed by atoms with Gasteiger partial charge in [-0.2, -0.15) is 0 Å². The summed E-state index contributed by atoms with van der Waals surface area (Å²) in [5.41, 5.74) is 4.82. The molecule has 0 aliphatic carbocycles. The number of hydrogen-bond donors (Lipinski definition) is 1. The fraction of sp³-hybridized carbons (Fsp3) is 0. The van der Waals surface area contributed by atoms with E-state index in [1.807, 2.05) is 6.07 Å². The van der Waals surface area contributed by atoms with Crippen LogP contribution < -0.4 is 0 Å². The minimum atomic E-state index is 0.981. The van der Waals surface area contributed by atoms with Crippen LogP contribution in [0.2, 0.25) is 0 Å². The normalized spacial score (nSPS) is 10.8. The second-order valence-electron chi connectivity index (χ2n) is 5.70. The summed E-state index contributed by atoms with van der Waals surface area (Å²) in [5, 5.41) is 2.53. The molecule has 0 aliphatic heterocycles. The maximum atomic E-state index is 4.60. The number of thiol groups is 1. The minimum Gasteiger partial charge on any atom is -0.143 e. The molecule has 0 aliphatic rings. The predicted molar refractivity (Wildman–Crippen MR) is 102 cm³/mol. The van der Waals surface area contributed by atoms with Crippen LogP contribution >= 0.6 is 12.6 Å². The van der Waals surface area contributed by atoms with Gasteiger partial charge in [-0.15, -0.1) is 12.6 Å². The van der Waals surface area contributed by atoms with Crippen molar-refractivity contribution >= 4 is 23.4 Å². The third kappa shape index (κ3) is 2.88. The van der Waals surface area contributed by atoms with E-state index in [1.54, 1.807) is 0 Å². The molecule has 0 atom stereocenters. The number of benzene rings is 4. The van der Waals surface area contributed by atoms with Crippen molar-refractivity contribution in [1.29, 1.82) is 0 Å². The Morgan fingerprint density at radius 3 is 1.87 bits per heavy atom. The quantitative estimate of drug-likeness (QED) is 0.403. The average molecular weight is 312 g/mol. The van der Waals surface area contributed by atoms with Gasteiger partial charge in [-0.1, -0.05) is 66.7 Å². The third-order valence-electron chi connectivity index (χ3n) is 4.11. The monoisotopic (exact) mass is 312 g/mol. The van der Waals surface area contributed by atoms with Gasteiger partial charge in [0.25, 0.3) is 0 Å². The summed E-state index contributed by atoms with van der Waals surface area (Å²) in [7, 11) is 0. The van der Waals surface area contributed by atoms with E-state index in [-0.39, 0.29) is 0 Å². The Morgan fingerprint density at radius 1 is 0.435 bits per heavy atom. The molecule has 0 saturated carbocycles. The van der Waals surface area contributed by atoms with Gasteiger partial charge in [-0.05, 0) is 57.3 Å². The maximum absolute atomic E-state index is 4.60. The van der Waals surface area contributed by atoms with Crippen LogP contribution in [0.15, 0.2) is 95.9 Å². The molecule has 0 amide bonds. The predicted octanol–water partition coefficient (Wildman–Crippen LogP) is 6.46. The largest absolute Gasteiger partial charge is 0.143 e.